The zero-order valence-electron chi connectivity index (χ0n) is 26.3. The lowest BCUT2D eigenvalue weighted by Crippen LogP contribution is -2.15. The molecule has 45 heavy (non-hydrogen) atoms. The fourth-order valence-corrected chi connectivity index (χ4v) is 6.96. The Morgan fingerprint density at radius 3 is 1.42 bits per heavy atom. The first kappa shape index (κ1) is 30.4. The molecular formula is C42H39BrN2. The van der Waals surface area contributed by atoms with Gasteiger partial charge in [0.05, 0.1) is 0 Å². The number of para-hydroxylation sites is 2. The zero-order chi connectivity index (χ0) is 31.6. The first-order valence-corrected chi connectivity index (χ1v) is 16.2. The summed E-state index contributed by atoms with van der Waals surface area (Å²) < 4.78 is 1.16. The Hall–Kier alpha value is -4.60. The maximum absolute atomic E-state index is 5.36. The summed E-state index contributed by atoms with van der Waals surface area (Å²) in [4.78, 5) is 0. The predicted molar refractivity (Wildman–Crippen MR) is 196 cm³/mol. The Kier molecular flexibility index (Phi) is 8.40. The van der Waals surface area contributed by atoms with Crippen molar-refractivity contribution in [3.63, 3.8) is 0 Å². The summed E-state index contributed by atoms with van der Waals surface area (Å²) in [5.74, 6) is 0. The average molecular weight is 652 g/mol. The average Bonchev–Trinajstić information content (AvgIpc) is 3.42. The fourth-order valence-electron chi connectivity index (χ4n) is 6.60. The molecule has 3 N–H and O–H groups in total. The molecule has 6 aromatic rings. The summed E-state index contributed by atoms with van der Waals surface area (Å²) >= 11 is 3.56. The number of nitrogens with two attached hydrogens (primary N) is 1. The van der Waals surface area contributed by atoms with Crippen LogP contribution in [0.2, 0.25) is 0 Å². The van der Waals surface area contributed by atoms with Crippen molar-refractivity contribution in [2.24, 2.45) is 0 Å². The minimum Gasteiger partial charge on any atom is -0.399 e. The highest BCUT2D eigenvalue weighted by molar-refractivity contribution is 9.10. The quantitative estimate of drug-likeness (QED) is 0.183. The van der Waals surface area contributed by atoms with Crippen molar-refractivity contribution in [1.82, 2.24) is 0 Å². The lowest BCUT2D eigenvalue weighted by Gasteiger charge is -2.22. The van der Waals surface area contributed by atoms with Crippen LogP contribution in [0.1, 0.15) is 49.9 Å². The third-order valence-electron chi connectivity index (χ3n) is 8.99. The topological polar surface area (TPSA) is 38.0 Å². The highest BCUT2D eigenvalue weighted by Crippen LogP contribution is 2.50. The van der Waals surface area contributed by atoms with Gasteiger partial charge in [0.2, 0.25) is 0 Å². The number of nitrogen functional groups attached to an aromatic ring is 1. The Bertz CT molecular complexity index is 1940. The monoisotopic (exact) mass is 650 g/mol. The van der Waals surface area contributed by atoms with Gasteiger partial charge in [-0.15, -0.1) is 0 Å². The van der Waals surface area contributed by atoms with Crippen molar-refractivity contribution >= 4 is 33.0 Å². The number of rotatable bonds is 2. The number of anilines is 3. The van der Waals surface area contributed by atoms with Gasteiger partial charge >= 0.3 is 0 Å². The fraction of sp³-hybridized carbons (Fsp3) is 0.143. The molecule has 2 aliphatic carbocycles. The van der Waals surface area contributed by atoms with Crippen LogP contribution in [-0.2, 0) is 10.8 Å². The van der Waals surface area contributed by atoms with E-state index in [2.05, 4.69) is 158 Å². The van der Waals surface area contributed by atoms with Crippen molar-refractivity contribution in [2.75, 3.05) is 11.1 Å². The second kappa shape index (κ2) is 12.4. The molecule has 0 bridgehead atoms. The lowest BCUT2D eigenvalue weighted by molar-refractivity contribution is 0.660. The predicted octanol–water partition coefficient (Wildman–Crippen LogP) is 11.8. The maximum atomic E-state index is 5.36. The third kappa shape index (κ3) is 6.06. The smallest absolute Gasteiger partial charge is 0.0387 e. The molecule has 2 aliphatic rings. The highest BCUT2D eigenvalue weighted by Gasteiger charge is 2.36. The summed E-state index contributed by atoms with van der Waals surface area (Å²) in [5.41, 5.74) is 19.8. The Morgan fingerprint density at radius 1 is 0.444 bits per heavy atom. The van der Waals surface area contributed by atoms with Gasteiger partial charge in [-0.05, 0) is 93.0 Å². The van der Waals surface area contributed by atoms with Crippen LogP contribution >= 0.6 is 15.9 Å². The molecule has 224 valence electrons. The molecule has 0 aromatic heterocycles. The van der Waals surface area contributed by atoms with Crippen molar-refractivity contribution in [2.45, 2.75) is 38.5 Å². The van der Waals surface area contributed by atoms with E-state index in [-0.39, 0.29) is 10.8 Å². The minimum absolute atomic E-state index is 0.0559. The summed E-state index contributed by atoms with van der Waals surface area (Å²) in [6, 6.07) is 50.5. The van der Waals surface area contributed by atoms with Gasteiger partial charge in [-0.25, -0.2) is 0 Å². The summed E-state index contributed by atoms with van der Waals surface area (Å²) in [7, 11) is 0. The SMILES string of the molecule is CC1(C)c2ccccc2-c2ccc(Br)cc21.CC1(C)c2ccccc2-c2ccc(Nc3ccccc3)cc21.Nc1ccccc1. The molecule has 0 heterocycles. The lowest BCUT2D eigenvalue weighted by atomic mass is 9.82. The number of nitrogens with one attached hydrogen (secondary N) is 1. The summed E-state index contributed by atoms with van der Waals surface area (Å²) in [5, 5.41) is 3.50. The second-order valence-electron chi connectivity index (χ2n) is 12.7. The number of benzene rings is 6. The van der Waals surface area contributed by atoms with E-state index in [0.717, 1.165) is 21.5 Å². The molecule has 0 fully saturated rings. The molecule has 6 aromatic carbocycles. The van der Waals surface area contributed by atoms with Gasteiger partial charge in [0.25, 0.3) is 0 Å². The van der Waals surface area contributed by atoms with E-state index in [1.165, 1.54) is 44.5 Å². The van der Waals surface area contributed by atoms with Gasteiger partial charge in [-0.3, -0.25) is 0 Å². The van der Waals surface area contributed by atoms with Gasteiger partial charge in [-0.2, -0.15) is 0 Å². The number of hydrogen-bond acceptors (Lipinski definition) is 2. The van der Waals surface area contributed by atoms with Crippen molar-refractivity contribution in [1.29, 1.82) is 0 Å². The molecular weight excluding hydrogens is 612 g/mol. The minimum atomic E-state index is 0.0559. The van der Waals surface area contributed by atoms with Crippen molar-refractivity contribution in [3.05, 3.63) is 172 Å². The van der Waals surface area contributed by atoms with Crippen LogP contribution in [-0.4, -0.2) is 0 Å². The third-order valence-corrected chi connectivity index (χ3v) is 9.48. The number of halogens is 1. The molecule has 0 amide bonds. The van der Waals surface area contributed by atoms with Gasteiger partial charge in [0, 0.05) is 32.4 Å². The molecule has 0 saturated heterocycles. The molecule has 8 rings (SSSR count). The van der Waals surface area contributed by atoms with Gasteiger partial charge in [-0.1, -0.05) is 141 Å². The van der Waals surface area contributed by atoms with E-state index < -0.39 is 0 Å². The number of hydrogen-bond donors (Lipinski definition) is 2. The molecule has 0 aliphatic heterocycles. The van der Waals surface area contributed by atoms with E-state index in [0.29, 0.717) is 0 Å². The zero-order valence-corrected chi connectivity index (χ0v) is 27.9. The Morgan fingerprint density at radius 2 is 0.889 bits per heavy atom. The molecule has 0 spiro atoms. The first-order chi connectivity index (χ1) is 21.7. The van der Waals surface area contributed by atoms with E-state index in [9.17, 15) is 0 Å². The molecule has 0 radical (unpaired) electrons. The van der Waals surface area contributed by atoms with Gasteiger partial charge in [0.15, 0.2) is 0 Å². The maximum Gasteiger partial charge on any atom is 0.0387 e. The van der Waals surface area contributed by atoms with Crippen LogP contribution in [0.15, 0.2) is 150 Å². The Labute approximate surface area is 276 Å². The molecule has 0 saturated carbocycles. The van der Waals surface area contributed by atoms with E-state index in [4.69, 9.17) is 5.73 Å². The standard InChI is InChI=1S/C21H19N.C15H13Br.C6H7N/c1-21(2)19-11-7-6-10-17(19)18-13-12-16(14-20(18)21)22-15-8-4-3-5-9-15;1-15(2)13-6-4-3-5-11(13)12-8-7-10(16)9-14(12)15;7-6-4-2-1-3-5-6/h3-14,22H,1-2H3;3-9H,1-2H3;1-5H,7H2. The summed E-state index contributed by atoms with van der Waals surface area (Å²) in [6.07, 6.45) is 0. The van der Waals surface area contributed by atoms with E-state index in [1.54, 1.807) is 0 Å². The van der Waals surface area contributed by atoms with Gasteiger partial charge < -0.3 is 11.1 Å². The normalized spacial score (nSPS) is 13.9. The largest absolute Gasteiger partial charge is 0.399 e. The number of fused-ring (bicyclic) bond motifs is 6. The van der Waals surface area contributed by atoms with E-state index >= 15 is 0 Å². The van der Waals surface area contributed by atoms with Crippen LogP contribution < -0.4 is 11.1 Å². The van der Waals surface area contributed by atoms with Crippen LogP contribution in [0.25, 0.3) is 22.3 Å². The Balaban J connectivity index is 0.000000135. The molecule has 0 unspecified atom stereocenters. The highest BCUT2D eigenvalue weighted by atomic mass is 79.9. The molecule has 0 atom stereocenters. The van der Waals surface area contributed by atoms with Crippen molar-refractivity contribution < 1.29 is 0 Å². The van der Waals surface area contributed by atoms with Gasteiger partial charge in [0.1, 0.15) is 0 Å². The van der Waals surface area contributed by atoms with Crippen LogP contribution in [0.5, 0.6) is 0 Å². The molecule has 2 nitrogen and oxygen atoms in total. The van der Waals surface area contributed by atoms with Crippen LogP contribution in [0.3, 0.4) is 0 Å². The molecule has 3 heteroatoms. The van der Waals surface area contributed by atoms with Crippen LogP contribution in [0, 0.1) is 0 Å². The van der Waals surface area contributed by atoms with Crippen LogP contribution in [0.4, 0.5) is 17.1 Å². The second-order valence-corrected chi connectivity index (χ2v) is 13.6. The first-order valence-electron chi connectivity index (χ1n) is 15.4. The summed E-state index contributed by atoms with van der Waals surface area (Å²) in [6.45, 7) is 9.21. The van der Waals surface area contributed by atoms with E-state index in [1.807, 2.05) is 36.4 Å². The van der Waals surface area contributed by atoms with Crippen molar-refractivity contribution in [3.8, 4) is 22.3 Å².